The number of carbonyl (C=O) groups is 1. The summed E-state index contributed by atoms with van der Waals surface area (Å²) in [6.45, 7) is -0.254. The van der Waals surface area contributed by atoms with Crippen molar-refractivity contribution in [3.8, 4) is 5.88 Å². The standard InChI is InChI=1S/C7H7N3O3/c11-2-4-1-8-7-6(9-4)10-5(12)3-13-7/h1,11H,2-3H2,(H,9,10,12). The largest absolute Gasteiger partial charge is 0.465 e. The number of nitrogens with one attached hydrogen (secondary N) is 1. The van der Waals surface area contributed by atoms with E-state index in [1.807, 2.05) is 0 Å². The van der Waals surface area contributed by atoms with Crippen LogP contribution in [0.3, 0.4) is 0 Å². The van der Waals surface area contributed by atoms with E-state index in [-0.39, 0.29) is 30.8 Å². The Bertz CT molecular complexity index is 353. The molecular weight excluding hydrogens is 174 g/mol. The smallest absolute Gasteiger partial charge is 0.263 e. The van der Waals surface area contributed by atoms with Crippen LogP contribution >= 0.6 is 0 Å². The Labute approximate surface area is 73.6 Å². The Morgan fingerprint density at radius 1 is 1.69 bits per heavy atom. The Balaban J connectivity index is 2.38. The first kappa shape index (κ1) is 7.93. The van der Waals surface area contributed by atoms with E-state index in [2.05, 4.69) is 15.3 Å². The molecule has 0 aromatic carbocycles. The van der Waals surface area contributed by atoms with Crippen molar-refractivity contribution in [2.24, 2.45) is 0 Å². The first-order chi connectivity index (χ1) is 6.29. The summed E-state index contributed by atoms with van der Waals surface area (Å²) in [6, 6.07) is 0. The summed E-state index contributed by atoms with van der Waals surface area (Å²) in [4.78, 5) is 18.6. The maximum atomic E-state index is 10.9. The zero-order chi connectivity index (χ0) is 9.26. The van der Waals surface area contributed by atoms with E-state index in [0.717, 1.165) is 0 Å². The van der Waals surface area contributed by atoms with Gasteiger partial charge in [0.2, 0.25) is 0 Å². The molecule has 0 spiro atoms. The Kier molecular flexibility index (Phi) is 1.82. The van der Waals surface area contributed by atoms with E-state index in [1.165, 1.54) is 6.20 Å². The molecule has 2 rings (SSSR count). The number of aliphatic hydroxyl groups is 1. The highest BCUT2D eigenvalue weighted by molar-refractivity contribution is 5.93. The fourth-order valence-corrected chi connectivity index (χ4v) is 0.980. The molecule has 1 aromatic rings. The average molecular weight is 181 g/mol. The Morgan fingerprint density at radius 3 is 3.31 bits per heavy atom. The molecule has 2 N–H and O–H groups in total. The number of aliphatic hydroxyl groups excluding tert-OH is 1. The van der Waals surface area contributed by atoms with Gasteiger partial charge in [-0.25, -0.2) is 9.97 Å². The maximum absolute atomic E-state index is 10.9. The molecule has 68 valence electrons. The van der Waals surface area contributed by atoms with E-state index in [9.17, 15) is 4.79 Å². The van der Waals surface area contributed by atoms with Gasteiger partial charge in [0, 0.05) is 0 Å². The second-order valence-electron chi connectivity index (χ2n) is 2.51. The van der Waals surface area contributed by atoms with Crippen molar-refractivity contribution in [2.45, 2.75) is 6.61 Å². The number of ether oxygens (including phenoxy) is 1. The third-order valence-corrected chi connectivity index (χ3v) is 1.55. The fraction of sp³-hybridized carbons (Fsp3) is 0.286. The lowest BCUT2D eigenvalue weighted by atomic mass is 10.4. The first-order valence-corrected chi connectivity index (χ1v) is 3.69. The number of carbonyl (C=O) groups excluding carboxylic acids is 1. The van der Waals surface area contributed by atoms with Crippen molar-refractivity contribution >= 4 is 11.7 Å². The van der Waals surface area contributed by atoms with E-state index in [0.29, 0.717) is 5.69 Å². The van der Waals surface area contributed by atoms with Crippen LogP contribution in [0.5, 0.6) is 5.88 Å². The average Bonchev–Trinajstić information content (AvgIpc) is 2.16. The van der Waals surface area contributed by atoms with Gasteiger partial charge >= 0.3 is 0 Å². The molecule has 0 radical (unpaired) electrons. The molecule has 6 heteroatoms. The summed E-state index contributed by atoms with van der Waals surface area (Å²) in [7, 11) is 0. The maximum Gasteiger partial charge on any atom is 0.263 e. The van der Waals surface area contributed by atoms with Gasteiger partial charge in [-0.05, 0) is 0 Å². The number of anilines is 1. The number of amides is 1. The summed E-state index contributed by atoms with van der Waals surface area (Å²) < 4.78 is 4.97. The highest BCUT2D eigenvalue weighted by Gasteiger charge is 2.18. The fourth-order valence-electron chi connectivity index (χ4n) is 0.980. The minimum atomic E-state index is -0.267. The first-order valence-electron chi connectivity index (χ1n) is 3.69. The van der Waals surface area contributed by atoms with Gasteiger partial charge in [-0.1, -0.05) is 0 Å². The van der Waals surface area contributed by atoms with Gasteiger partial charge in [0.25, 0.3) is 11.8 Å². The highest BCUT2D eigenvalue weighted by atomic mass is 16.5. The molecule has 6 nitrogen and oxygen atoms in total. The van der Waals surface area contributed by atoms with Crippen molar-refractivity contribution in [2.75, 3.05) is 11.9 Å². The van der Waals surface area contributed by atoms with Crippen molar-refractivity contribution in [3.63, 3.8) is 0 Å². The summed E-state index contributed by atoms with van der Waals surface area (Å²) in [5.41, 5.74) is 0.393. The minimum absolute atomic E-state index is 0.0415. The SMILES string of the molecule is O=C1COc2ncc(CO)nc2N1. The monoisotopic (exact) mass is 181 g/mol. The van der Waals surface area contributed by atoms with Crippen LogP contribution in [0.25, 0.3) is 0 Å². The second-order valence-corrected chi connectivity index (χ2v) is 2.51. The second kappa shape index (κ2) is 2.98. The van der Waals surface area contributed by atoms with E-state index >= 15 is 0 Å². The number of hydrogen-bond acceptors (Lipinski definition) is 5. The number of hydrogen-bond donors (Lipinski definition) is 2. The molecule has 0 aliphatic carbocycles. The normalized spacial score (nSPS) is 14.4. The molecule has 0 saturated heterocycles. The van der Waals surface area contributed by atoms with Crippen LogP contribution in [0.4, 0.5) is 5.82 Å². The van der Waals surface area contributed by atoms with Gasteiger partial charge in [-0.2, -0.15) is 0 Å². The molecule has 0 bridgehead atoms. The van der Waals surface area contributed by atoms with Gasteiger partial charge < -0.3 is 15.2 Å². The van der Waals surface area contributed by atoms with E-state index in [4.69, 9.17) is 9.84 Å². The number of nitrogens with zero attached hydrogens (tertiary/aromatic N) is 2. The van der Waals surface area contributed by atoms with Crippen LogP contribution in [0.15, 0.2) is 6.20 Å². The molecule has 0 fully saturated rings. The van der Waals surface area contributed by atoms with E-state index in [1.54, 1.807) is 0 Å². The van der Waals surface area contributed by atoms with Crippen molar-refractivity contribution in [3.05, 3.63) is 11.9 Å². The van der Waals surface area contributed by atoms with Crippen molar-refractivity contribution in [1.29, 1.82) is 0 Å². The molecule has 1 aliphatic heterocycles. The molecule has 0 atom stereocenters. The Hall–Kier alpha value is -1.69. The van der Waals surface area contributed by atoms with Gasteiger partial charge in [0.15, 0.2) is 12.4 Å². The number of rotatable bonds is 1. The zero-order valence-corrected chi connectivity index (χ0v) is 6.65. The lowest BCUT2D eigenvalue weighted by Gasteiger charge is -2.15. The van der Waals surface area contributed by atoms with Crippen LogP contribution < -0.4 is 10.1 Å². The molecule has 1 amide bonds. The van der Waals surface area contributed by atoms with Crippen LogP contribution in [0, 0.1) is 0 Å². The van der Waals surface area contributed by atoms with Gasteiger partial charge in [0.05, 0.1) is 18.5 Å². The predicted octanol–water partition coefficient (Wildman–Crippen LogP) is -0.700. The molecule has 0 saturated carbocycles. The van der Waals surface area contributed by atoms with Crippen LogP contribution in [-0.2, 0) is 11.4 Å². The van der Waals surface area contributed by atoms with E-state index < -0.39 is 0 Å². The van der Waals surface area contributed by atoms with Gasteiger partial charge in [-0.15, -0.1) is 0 Å². The minimum Gasteiger partial charge on any atom is -0.465 e. The molecule has 13 heavy (non-hydrogen) atoms. The molecule has 1 aromatic heterocycles. The highest BCUT2D eigenvalue weighted by Crippen LogP contribution is 2.21. The summed E-state index contributed by atoms with van der Waals surface area (Å²) >= 11 is 0. The summed E-state index contributed by atoms with van der Waals surface area (Å²) in [5, 5.41) is 11.2. The zero-order valence-electron chi connectivity index (χ0n) is 6.65. The number of fused-ring (bicyclic) bond motifs is 1. The quantitative estimate of drug-likeness (QED) is 0.598. The summed E-state index contributed by atoms with van der Waals surface area (Å²) in [5.74, 6) is 0.288. The molecular formula is C7H7N3O3. The van der Waals surface area contributed by atoms with Crippen LogP contribution in [0.1, 0.15) is 5.69 Å². The number of aromatic nitrogens is 2. The van der Waals surface area contributed by atoms with Gasteiger partial charge in [0.1, 0.15) is 0 Å². The van der Waals surface area contributed by atoms with Crippen LogP contribution in [-0.4, -0.2) is 27.6 Å². The lowest BCUT2D eigenvalue weighted by molar-refractivity contribution is -0.118. The predicted molar refractivity (Wildman–Crippen MR) is 42.1 cm³/mol. The van der Waals surface area contributed by atoms with Crippen molar-refractivity contribution < 1.29 is 14.6 Å². The Morgan fingerprint density at radius 2 is 2.54 bits per heavy atom. The summed E-state index contributed by atoms with van der Waals surface area (Å²) in [6.07, 6.45) is 1.40. The lowest BCUT2D eigenvalue weighted by Crippen LogP contribution is -2.27. The third kappa shape index (κ3) is 1.43. The van der Waals surface area contributed by atoms with Crippen molar-refractivity contribution in [1.82, 2.24) is 9.97 Å². The third-order valence-electron chi connectivity index (χ3n) is 1.55. The molecule has 0 unspecified atom stereocenters. The molecule has 2 heterocycles. The topological polar surface area (TPSA) is 84.3 Å². The molecule has 1 aliphatic rings. The van der Waals surface area contributed by atoms with Crippen LogP contribution in [0.2, 0.25) is 0 Å². The van der Waals surface area contributed by atoms with Gasteiger partial charge in [-0.3, -0.25) is 4.79 Å².